The Morgan fingerprint density at radius 1 is 1.45 bits per heavy atom. The van der Waals surface area contributed by atoms with E-state index in [4.69, 9.17) is 10.5 Å². The summed E-state index contributed by atoms with van der Waals surface area (Å²) in [5.74, 6) is -0.00379. The van der Waals surface area contributed by atoms with Crippen molar-refractivity contribution in [2.75, 3.05) is 20.2 Å². The van der Waals surface area contributed by atoms with Crippen LogP contribution < -0.4 is 11.1 Å². The van der Waals surface area contributed by atoms with Crippen LogP contribution in [0.1, 0.15) is 52.7 Å². The normalized spacial score (nSPS) is 23.4. The van der Waals surface area contributed by atoms with Crippen molar-refractivity contribution >= 4 is 14.1 Å². The Bertz CT molecular complexity index is 484. The lowest BCUT2D eigenvalue weighted by atomic mass is 9.85. The number of primary amides is 1. The Morgan fingerprint density at radius 2 is 2.20 bits per heavy atom. The van der Waals surface area contributed by atoms with E-state index in [1.165, 1.54) is 16.4 Å². The molecule has 3 atom stereocenters. The summed E-state index contributed by atoms with van der Waals surface area (Å²) < 4.78 is 5.66. The summed E-state index contributed by atoms with van der Waals surface area (Å²) in [6, 6.07) is 0. The monoisotopic (exact) mass is 296 g/mol. The van der Waals surface area contributed by atoms with E-state index in [1.807, 2.05) is 0 Å². The number of amides is 1. The van der Waals surface area contributed by atoms with E-state index in [-0.39, 0.29) is 17.9 Å². The molecule has 112 valence electrons. The van der Waals surface area contributed by atoms with E-state index in [1.54, 1.807) is 7.11 Å². The molecule has 0 bridgehead atoms. The van der Waals surface area contributed by atoms with Crippen LogP contribution in [0.4, 0.5) is 0 Å². The summed E-state index contributed by atoms with van der Waals surface area (Å²) in [5, 5.41) is 5.67. The van der Waals surface area contributed by atoms with Crippen LogP contribution in [0, 0.1) is 0 Å². The Hall–Kier alpha value is -0.830. The predicted octanol–water partition coefficient (Wildman–Crippen LogP) is 2.03. The van der Waals surface area contributed by atoms with Gasteiger partial charge in [-0.15, -0.1) is 8.19 Å². The number of nitrogens with two attached hydrogens (primary N) is 1. The number of piperidine rings is 1. The Labute approximate surface area is 122 Å². The molecule has 1 amide bonds. The van der Waals surface area contributed by atoms with Crippen molar-refractivity contribution in [3.63, 3.8) is 0 Å². The highest BCUT2D eigenvalue weighted by molar-refractivity contribution is 7.33. The zero-order valence-electron chi connectivity index (χ0n) is 12.6. The summed E-state index contributed by atoms with van der Waals surface area (Å²) in [7, 11) is 2.22. The lowest BCUT2D eigenvalue weighted by Gasteiger charge is -2.32. The lowest BCUT2D eigenvalue weighted by molar-refractivity contribution is 0.0581. The molecule has 20 heavy (non-hydrogen) atoms. The van der Waals surface area contributed by atoms with Crippen LogP contribution >= 0.6 is 8.19 Å². The van der Waals surface area contributed by atoms with Gasteiger partial charge < -0.3 is 15.8 Å². The summed E-state index contributed by atoms with van der Waals surface area (Å²) in [4.78, 5) is 11.9. The SMILES string of the molecule is CCc1[pH]c(C(N)=O)c([C@@H]2CNCC[C@H]2OC)c1CC. The number of hydrogen-bond donors (Lipinski definition) is 2. The summed E-state index contributed by atoms with van der Waals surface area (Å²) >= 11 is 0. The van der Waals surface area contributed by atoms with E-state index >= 15 is 0 Å². The standard InChI is InChI=1S/C15H25N2O2P/c1-4-9-12(5-2)20-14(15(16)18)13(9)10-8-17-7-6-11(10)19-3/h10-11,17,20H,4-8H2,1-3H3,(H2,16,18)/t10-,11-/m1/s1. The fraction of sp³-hybridized carbons (Fsp3) is 0.667. The van der Waals surface area contributed by atoms with E-state index < -0.39 is 0 Å². The Morgan fingerprint density at radius 3 is 2.75 bits per heavy atom. The van der Waals surface area contributed by atoms with Crippen LogP contribution in [0.3, 0.4) is 0 Å². The number of nitrogens with one attached hydrogen (secondary N) is 1. The molecular formula is C15H25N2O2P. The summed E-state index contributed by atoms with van der Waals surface area (Å²) in [5.41, 5.74) is 8.18. The molecule has 1 fully saturated rings. The second kappa shape index (κ2) is 6.75. The molecule has 1 saturated heterocycles. The van der Waals surface area contributed by atoms with Gasteiger partial charge in [-0.2, -0.15) is 0 Å². The van der Waals surface area contributed by atoms with Gasteiger partial charge in [0.2, 0.25) is 0 Å². The van der Waals surface area contributed by atoms with Crippen molar-refractivity contribution in [3.05, 3.63) is 21.7 Å². The lowest BCUT2D eigenvalue weighted by Crippen LogP contribution is -2.40. The van der Waals surface area contributed by atoms with Gasteiger partial charge >= 0.3 is 0 Å². The molecule has 0 spiro atoms. The minimum absolute atomic E-state index is 0.183. The molecule has 1 aromatic rings. The second-order valence-corrected chi connectivity index (χ2v) is 6.67. The highest BCUT2D eigenvalue weighted by atomic mass is 31.0. The average Bonchev–Trinajstić information content (AvgIpc) is 2.85. The maximum absolute atomic E-state index is 11.9. The number of aryl methyl sites for hydroxylation is 1. The van der Waals surface area contributed by atoms with E-state index in [0.29, 0.717) is 8.19 Å². The van der Waals surface area contributed by atoms with Gasteiger partial charge in [0.05, 0.1) is 11.4 Å². The minimum atomic E-state index is -0.256. The highest BCUT2D eigenvalue weighted by Crippen LogP contribution is 2.40. The summed E-state index contributed by atoms with van der Waals surface area (Å²) in [6.07, 6.45) is 3.14. The van der Waals surface area contributed by atoms with E-state index in [0.717, 1.165) is 37.6 Å². The molecule has 3 N–H and O–H groups in total. The molecule has 1 aliphatic rings. The van der Waals surface area contributed by atoms with Gasteiger partial charge in [-0.3, -0.25) is 4.79 Å². The van der Waals surface area contributed by atoms with E-state index in [9.17, 15) is 4.79 Å². The Balaban J connectivity index is 2.51. The number of hydrogen-bond acceptors (Lipinski definition) is 3. The molecule has 1 aromatic heterocycles. The fourth-order valence-corrected chi connectivity index (χ4v) is 4.86. The zero-order valence-corrected chi connectivity index (χ0v) is 13.6. The number of ether oxygens (including phenoxy) is 1. The molecule has 2 rings (SSSR count). The topological polar surface area (TPSA) is 64.4 Å². The molecule has 0 saturated carbocycles. The molecule has 5 heteroatoms. The van der Waals surface area contributed by atoms with Crippen LogP contribution in [-0.4, -0.2) is 32.2 Å². The van der Waals surface area contributed by atoms with Crippen molar-refractivity contribution in [2.24, 2.45) is 5.73 Å². The second-order valence-electron chi connectivity index (χ2n) is 5.32. The van der Waals surface area contributed by atoms with Crippen molar-refractivity contribution in [3.8, 4) is 0 Å². The molecule has 0 aliphatic carbocycles. The first-order chi connectivity index (χ1) is 9.63. The molecule has 1 unspecified atom stereocenters. The van der Waals surface area contributed by atoms with Gasteiger partial charge in [0.15, 0.2) is 0 Å². The van der Waals surface area contributed by atoms with Crippen LogP contribution in [0.2, 0.25) is 0 Å². The first-order valence-electron chi connectivity index (χ1n) is 7.40. The number of carbonyl (C=O) groups excluding carboxylic acids is 1. The van der Waals surface area contributed by atoms with Crippen molar-refractivity contribution < 1.29 is 9.53 Å². The Kier molecular flexibility index (Phi) is 5.25. The van der Waals surface area contributed by atoms with Crippen molar-refractivity contribution in [1.82, 2.24) is 5.32 Å². The molecule has 4 nitrogen and oxygen atoms in total. The van der Waals surface area contributed by atoms with Gasteiger partial charge in [-0.05, 0) is 42.2 Å². The third-order valence-corrected chi connectivity index (χ3v) is 6.00. The number of carbonyl (C=O) groups is 1. The van der Waals surface area contributed by atoms with Gasteiger partial charge in [0, 0.05) is 19.6 Å². The maximum Gasteiger partial charge on any atom is 0.252 e. The van der Waals surface area contributed by atoms with Gasteiger partial charge in [-0.1, -0.05) is 13.8 Å². The third-order valence-electron chi connectivity index (χ3n) is 4.28. The predicted molar refractivity (Wildman–Crippen MR) is 84.2 cm³/mol. The van der Waals surface area contributed by atoms with Crippen molar-refractivity contribution in [1.29, 1.82) is 0 Å². The molecule has 2 heterocycles. The summed E-state index contributed by atoms with van der Waals surface area (Å²) in [6.45, 7) is 6.17. The third kappa shape index (κ3) is 2.78. The minimum Gasteiger partial charge on any atom is -0.381 e. The van der Waals surface area contributed by atoms with Crippen molar-refractivity contribution in [2.45, 2.75) is 45.1 Å². The first-order valence-corrected chi connectivity index (χ1v) is 8.40. The fourth-order valence-electron chi connectivity index (χ4n) is 3.32. The molecular weight excluding hydrogens is 271 g/mol. The van der Waals surface area contributed by atoms with E-state index in [2.05, 4.69) is 19.2 Å². The molecule has 1 aliphatic heterocycles. The number of methoxy groups -OCH3 is 1. The highest BCUT2D eigenvalue weighted by Gasteiger charge is 2.32. The smallest absolute Gasteiger partial charge is 0.252 e. The quantitative estimate of drug-likeness (QED) is 0.874. The molecule has 0 radical (unpaired) electrons. The largest absolute Gasteiger partial charge is 0.381 e. The number of rotatable bonds is 5. The molecule has 0 aromatic carbocycles. The van der Waals surface area contributed by atoms with Crippen LogP contribution in [0.5, 0.6) is 0 Å². The zero-order chi connectivity index (χ0) is 14.7. The van der Waals surface area contributed by atoms with Crippen LogP contribution in [0.15, 0.2) is 0 Å². The first kappa shape index (κ1) is 15.6. The van der Waals surface area contributed by atoms with Gasteiger partial charge in [0.1, 0.15) is 0 Å². The van der Waals surface area contributed by atoms with Gasteiger partial charge in [-0.25, -0.2) is 0 Å². The van der Waals surface area contributed by atoms with Gasteiger partial charge in [0.25, 0.3) is 5.91 Å². The van der Waals surface area contributed by atoms with Crippen LogP contribution in [0.25, 0.3) is 0 Å². The van der Waals surface area contributed by atoms with Crippen LogP contribution in [-0.2, 0) is 17.6 Å². The maximum atomic E-state index is 11.9. The average molecular weight is 296 g/mol.